The third-order valence-corrected chi connectivity index (χ3v) is 3.54. The molecule has 1 rings (SSSR count). The third-order valence-electron chi connectivity index (χ3n) is 3.54. The van der Waals surface area contributed by atoms with Crippen LogP contribution in [0, 0.1) is 5.92 Å². The molecule has 18 heavy (non-hydrogen) atoms. The van der Waals surface area contributed by atoms with E-state index in [-0.39, 0.29) is 0 Å². The number of nitrogens with zero attached hydrogens (tertiary/aromatic N) is 1. The molecule has 4 heteroatoms. The average Bonchev–Trinajstić information content (AvgIpc) is 2.31. The van der Waals surface area contributed by atoms with Gasteiger partial charge in [-0.05, 0) is 45.1 Å². The molecule has 0 radical (unpaired) electrons. The Morgan fingerprint density at radius 3 is 2.61 bits per heavy atom. The summed E-state index contributed by atoms with van der Waals surface area (Å²) in [5.74, 6) is 0.830. The maximum absolute atomic E-state index is 12.2. The summed E-state index contributed by atoms with van der Waals surface area (Å²) in [4.78, 5) is 14.1. The van der Waals surface area contributed by atoms with Crippen LogP contribution in [-0.2, 0) is 9.53 Å². The van der Waals surface area contributed by atoms with Crippen LogP contribution in [0.2, 0.25) is 0 Å². The lowest BCUT2D eigenvalue weighted by molar-refractivity contribution is -0.134. The SMILES string of the molecule is CCCN(CCCN)C(=O)CC1CC(OCC)C1. The van der Waals surface area contributed by atoms with Gasteiger partial charge in [-0.15, -0.1) is 0 Å². The minimum absolute atomic E-state index is 0.297. The predicted molar refractivity (Wildman–Crippen MR) is 73.3 cm³/mol. The molecule has 0 bridgehead atoms. The van der Waals surface area contributed by atoms with Crippen LogP contribution in [0.25, 0.3) is 0 Å². The van der Waals surface area contributed by atoms with Crippen LogP contribution in [0.4, 0.5) is 0 Å². The first-order chi connectivity index (χ1) is 8.71. The van der Waals surface area contributed by atoms with Gasteiger partial charge >= 0.3 is 0 Å². The summed E-state index contributed by atoms with van der Waals surface area (Å²) in [5.41, 5.74) is 5.51. The predicted octanol–water partition coefficient (Wildman–Crippen LogP) is 1.78. The van der Waals surface area contributed by atoms with Gasteiger partial charge in [0.1, 0.15) is 0 Å². The molecule has 4 nitrogen and oxygen atoms in total. The molecule has 0 spiro atoms. The zero-order valence-electron chi connectivity index (χ0n) is 11.9. The van der Waals surface area contributed by atoms with Gasteiger partial charge < -0.3 is 15.4 Å². The number of amides is 1. The molecule has 0 saturated heterocycles. The Hall–Kier alpha value is -0.610. The van der Waals surface area contributed by atoms with Crippen molar-refractivity contribution in [2.45, 2.75) is 52.1 Å². The zero-order chi connectivity index (χ0) is 13.4. The number of nitrogens with two attached hydrogens (primary N) is 1. The smallest absolute Gasteiger partial charge is 0.222 e. The minimum Gasteiger partial charge on any atom is -0.378 e. The van der Waals surface area contributed by atoms with Crippen LogP contribution in [0.15, 0.2) is 0 Å². The van der Waals surface area contributed by atoms with Crippen molar-refractivity contribution in [3.63, 3.8) is 0 Å². The molecule has 1 aliphatic rings. The van der Waals surface area contributed by atoms with Gasteiger partial charge in [-0.25, -0.2) is 0 Å². The van der Waals surface area contributed by atoms with E-state index in [2.05, 4.69) is 6.92 Å². The van der Waals surface area contributed by atoms with E-state index in [1.165, 1.54) is 0 Å². The van der Waals surface area contributed by atoms with Crippen LogP contribution in [0.3, 0.4) is 0 Å². The highest BCUT2D eigenvalue weighted by molar-refractivity contribution is 5.76. The van der Waals surface area contributed by atoms with Crippen LogP contribution in [-0.4, -0.2) is 43.2 Å². The Kier molecular flexibility index (Phi) is 7.28. The van der Waals surface area contributed by atoms with Gasteiger partial charge in [0.2, 0.25) is 5.91 Å². The van der Waals surface area contributed by atoms with Crippen LogP contribution in [0.1, 0.15) is 46.0 Å². The second-order valence-electron chi connectivity index (χ2n) is 5.14. The molecule has 0 heterocycles. The van der Waals surface area contributed by atoms with Gasteiger partial charge in [0.25, 0.3) is 0 Å². The minimum atomic E-state index is 0.297. The number of rotatable bonds is 9. The molecule has 2 N–H and O–H groups in total. The van der Waals surface area contributed by atoms with Crippen molar-refractivity contribution >= 4 is 5.91 Å². The van der Waals surface area contributed by atoms with Crippen LogP contribution >= 0.6 is 0 Å². The van der Waals surface area contributed by atoms with E-state index in [0.29, 0.717) is 30.9 Å². The summed E-state index contributed by atoms with van der Waals surface area (Å²) in [7, 11) is 0. The molecule has 0 aromatic rings. The normalized spacial score (nSPS) is 22.6. The number of hydrogen-bond acceptors (Lipinski definition) is 3. The van der Waals surface area contributed by atoms with E-state index >= 15 is 0 Å². The first-order valence-electron chi connectivity index (χ1n) is 7.30. The zero-order valence-corrected chi connectivity index (χ0v) is 11.9. The Labute approximate surface area is 111 Å². The summed E-state index contributed by atoms with van der Waals surface area (Å²) in [5, 5.41) is 0. The summed E-state index contributed by atoms with van der Waals surface area (Å²) >= 11 is 0. The Balaban J connectivity index is 2.24. The van der Waals surface area contributed by atoms with E-state index in [9.17, 15) is 4.79 Å². The number of carbonyl (C=O) groups excluding carboxylic acids is 1. The van der Waals surface area contributed by atoms with Gasteiger partial charge in [0, 0.05) is 26.1 Å². The molecule has 0 aliphatic heterocycles. The highest BCUT2D eigenvalue weighted by atomic mass is 16.5. The average molecular weight is 256 g/mol. The maximum Gasteiger partial charge on any atom is 0.222 e. The van der Waals surface area contributed by atoms with E-state index in [1.54, 1.807) is 0 Å². The first-order valence-corrected chi connectivity index (χ1v) is 7.30. The quantitative estimate of drug-likeness (QED) is 0.684. The molecule has 0 unspecified atom stereocenters. The van der Waals surface area contributed by atoms with E-state index in [4.69, 9.17) is 10.5 Å². The second-order valence-corrected chi connectivity index (χ2v) is 5.14. The maximum atomic E-state index is 12.2. The lowest BCUT2D eigenvalue weighted by Gasteiger charge is -2.35. The Morgan fingerprint density at radius 1 is 1.33 bits per heavy atom. The summed E-state index contributed by atoms with van der Waals surface area (Å²) in [6.45, 7) is 7.24. The number of carbonyl (C=O) groups is 1. The molecule has 1 fully saturated rings. The van der Waals surface area contributed by atoms with Gasteiger partial charge in [-0.2, -0.15) is 0 Å². The van der Waals surface area contributed by atoms with E-state index in [0.717, 1.165) is 45.4 Å². The van der Waals surface area contributed by atoms with Gasteiger partial charge in [-0.1, -0.05) is 6.92 Å². The van der Waals surface area contributed by atoms with Gasteiger partial charge in [-0.3, -0.25) is 4.79 Å². The first kappa shape index (κ1) is 15.4. The Morgan fingerprint density at radius 2 is 2.06 bits per heavy atom. The lowest BCUT2D eigenvalue weighted by atomic mass is 9.79. The standard InChI is InChI=1S/C14H28N2O2/c1-3-7-16(8-5-6-15)14(17)11-12-9-13(10-12)18-4-2/h12-13H,3-11,15H2,1-2H3. The van der Waals surface area contributed by atoms with Crippen molar-refractivity contribution in [1.82, 2.24) is 4.90 Å². The van der Waals surface area contributed by atoms with E-state index in [1.807, 2.05) is 11.8 Å². The fourth-order valence-electron chi connectivity index (χ4n) is 2.50. The fourth-order valence-corrected chi connectivity index (χ4v) is 2.50. The lowest BCUT2D eigenvalue weighted by Crippen LogP contribution is -2.39. The third kappa shape index (κ3) is 4.94. The molecule has 0 atom stereocenters. The summed E-state index contributed by atoms with van der Waals surface area (Å²) in [6, 6.07) is 0. The van der Waals surface area contributed by atoms with Crippen molar-refractivity contribution in [1.29, 1.82) is 0 Å². The molecular formula is C14H28N2O2. The van der Waals surface area contributed by atoms with Crippen LogP contribution in [0.5, 0.6) is 0 Å². The molecule has 106 valence electrons. The topological polar surface area (TPSA) is 55.6 Å². The molecular weight excluding hydrogens is 228 g/mol. The number of ether oxygens (including phenoxy) is 1. The van der Waals surface area contributed by atoms with Crippen LogP contribution < -0.4 is 5.73 Å². The monoisotopic (exact) mass is 256 g/mol. The molecule has 0 aromatic carbocycles. The summed E-state index contributed by atoms with van der Waals surface area (Å²) < 4.78 is 5.52. The summed E-state index contributed by atoms with van der Waals surface area (Å²) in [6.07, 6.45) is 5.11. The van der Waals surface area contributed by atoms with E-state index < -0.39 is 0 Å². The highest BCUT2D eigenvalue weighted by Crippen LogP contribution is 2.33. The molecule has 1 amide bonds. The van der Waals surface area contributed by atoms with Crippen molar-refractivity contribution in [2.24, 2.45) is 11.7 Å². The van der Waals surface area contributed by atoms with Crippen molar-refractivity contribution in [2.75, 3.05) is 26.2 Å². The van der Waals surface area contributed by atoms with Crippen molar-refractivity contribution in [3.8, 4) is 0 Å². The van der Waals surface area contributed by atoms with Crippen molar-refractivity contribution in [3.05, 3.63) is 0 Å². The van der Waals surface area contributed by atoms with Gasteiger partial charge in [0.05, 0.1) is 6.10 Å². The van der Waals surface area contributed by atoms with Gasteiger partial charge in [0.15, 0.2) is 0 Å². The van der Waals surface area contributed by atoms with Crippen molar-refractivity contribution < 1.29 is 9.53 Å². The molecule has 1 aliphatic carbocycles. The molecule has 0 aromatic heterocycles. The largest absolute Gasteiger partial charge is 0.378 e. The Bertz CT molecular complexity index is 240. The highest BCUT2D eigenvalue weighted by Gasteiger charge is 2.32. The molecule has 1 saturated carbocycles. The fraction of sp³-hybridized carbons (Fsp3) is 0.929. The number of hydrogen-bond donors (Lipinski definition) is 1. The second kappa shape index (κ2) is 8.48.